The van der Waals surface area contributed by atoms with Crippen molar-refractivity contribution < 1.29 is 9.90 Å². The van der Waals surface area contributed by atoms with Crippen molar-refractivity contribution in [1.82, 2.24) is 19.9 Å². The third kappa shape index (κ3) is 2.95. The minimum absolute atomic E-state index is 0.0336. The molecule has 116 valence electrons. The zero-order valence-electron chi connectivity index (χ0n) is 13.0. The molecule has 1 aromatic heterocycles. The quantitative estimate of drug-likeness (QED) is 0.912. The second-order valence-electron chi connectivity index (χ2n) is 7.39. The highest BCUT2D eigenvalue weighted by atomic mass is 16.3. The van der Waals surface area contributed by atoms with Gasteiger partial charge in [-0.15, -0.1) is 5.10 Å². The Morgan fingerprint density at radius 2 is 2.10 bits per heavy atom. The largest absolute Gasteiger partial charge is 0.391 e. The first-order valence-electron chi connectivity index (χ1n) is 7.75. The van der Waals surface area contributed by atoms with Gasteiger partial charge in [0.1, 0.15) is 6.04 Å². The van der Waals surface area contributed by atoms with Crippen molar-refractivity contribution in [3.63, 3.8) is 0 Å². The van der Waals surface area contributed by atoms with Crippen LogP contribution in [0, 0.1) is 5.41 Å². The van der Waals surface area contributed by atoms with Crippen molar-refractivity contribution in [2.75, 3.05) is 13.1 Å². The van der Waals surface area contributed by atoms with E-state index in [0.717, 1.165) is 5.69 Å². The van der Waals surface area contributed by atoms with E-state index in [4.69, 9.17) is 0 Å². The Bertz CT molecular complexity index is 530. The number of β-amino-alcohol motifs (C(OH)–C–C–N with tert-alkyl or cyclic N) is 1. The summed E-state index contributed by atoms with van der Waals surface area (Å²) >= 11 is 0. The third-order valence-corrected chi connectivity index (χ3v) is 4.32. The Morgan fingerprint density at radius 3 is 2.62 bits per heavy atom. The van der Waals surface area contributed by atoms with Crippen LogP contribution in [0.4, 0.5) is 0 Å². The van der Waals surface area contributed by atoms with Crippen LogP contribution in [0.5, 0.6) is 0 Å². The average molecular weight is 292 g/mol. The van der Waals surface area contributed by atoms with E-state index in [1.165, 1.54) is 12.8 Å². The van der Waals surface area contributed by atoms with E-state index in [2.05, 4.69) is 10.3 Å². The summed E-state index contributed by atoms with van der Waals surface area (Å²) in [7, 11) is 0. The smallest absolute Gasteiger partial charge is 0.248 e. The van der Waals surface area contributed by atoms with E-state index in [9.17, 15) is 9.90 Å². The molecular weight excluding hydrogens is 268 g/mol. The molecule has 1 aliphatic carbocycles. The predicted molar refractivity (Wildman–Crippen MR) is 77.7 cm³/mol. The second-order valence-corrected chi connectivity index (χ2v) is 7.39. The Labute approximate surface area is 125 Å². The molecule has 1 saturated heterocycles. The third-order valence-electron chi connectivity index (χ3n) is 4.32. The fourth-order valence-electron chi connectivity index (χ4n) is 2.98. The maximum Gasteiger partial charge on any atom is 0.248 e. The molecule has 2 unspecified atom stereocenters. The molecular formula is C15H24N4O2. The molecule has 1 amide bonds. The lowest BCUT2D eigenvalue weighted by Crippen LogP contribution is -2.42. The molecule has 1 N–H and O–H groups in total. The highest BCUT2D eigenvalue weighted by Gasteiger charge is 2.39. The maximum atomic E-state index is 12.9. The van der Waals surface area contributed by atoms with Crippen molar-refractivity contribution in [3.8, 4) is 0 Å². The molecule has 1 saturated carbocycles. The van der Waals surface area contributed by atoms with Gasteiger partial charge in [-0.2, -0.15) is 0 Å². The van der Waals surface area contributed by atoms with Gasteiger partial charge in [0.15, 0.2) is 0 Å². The zero-order valence-corrected chi connectivity index (χ0v) is 13.0. The molecule has 2 fully saturated rings. The van der Waals surface area contributed by atoms with E-state index in [1.54, 1.807) is 9.58 Å². The Morgan fingerprint density at radius 1 is 1.38 bits per heavy atom. The number of amides is 1. The van der Waals surface area contributed by atoms with Crippen LogP contribution in [-0.2, 0) is 4.79 Å². The zero-order chi connectivity index (χ0) is 15.2. The van der Waals surface area contributed by atoms with Crippen molar-refractivity contribution in [2.45, 2.75) is 58.1 Å². The van der Waals surface area contributed by atoms with E-state index in [0.29, 0.717) is 25.4 Å². The van der Waals surface area contributed by atoms with Crippen LogP contribution < -0.4 is 0 Å². The fraction of sp³-hybridized carbons (Fsp3) is 0.800. The van der Waals surface area contributed by atoms with Crippen molar-refractivity contribution >= 4 is 5.91 Å². The molecule has 2 atom stereocenters. The summed E-state index contributed by atoms with van der Waals surface area (Å²) < 4.78 is 1.72. The molecule has 6 nitrogen and oxygen atoms in total. The van der Waals surface area contributed by atoms with Gasteiger partial charge in [-0.3, -0.25) is 4.79 Å². The second kappa shape index (κ2) is 5.09. The Hall–Kier alpha value is -1.43. The lowest BCUT2D eigenvalue weighted by Gasteiger charge is -2.32. The number of aromatic nitrogens is 3. The van der Waals surface area contributed by atoms with Gasteiger partial charge in [0, 0.05) is 25.2 Å². The summed E-state index contributed by atoms with van der Waals surface area (Å²) in [6.07, 6.45) is 4.54. The van der Waals surface area contributed by atoms with Crippen LogP contribution >= 0.6 is 0 Å². The molecule has 2 aliphatic rings. The number of carbonyl (C=O) groups is 1. The maximum absolute atomic E-state index is 12.9. The van der Waals surface area contributed by atoms with Gasteiger partial charge in [-0.1, -0.05) is 26.0 Å². The lowest BCUT2D eigenvalue weighted by molar-refractivity contribution is -0.137. The number of rotatable bonds is 3. The van der Waals surface area contributed by atoms with E-state index >= 15 is 0 Å². The van der Waals surface area contributed by atoms with Gasteiger partial charge in [-0.25, -0.2) is 4.68 Å². The van der Waals surface area contributed by atoms with Gasteiger partial charge in [0.2, 0.25) is 5.91 Å². The van der Waals surface area contributed by atoms with Gasteiger partial charge in [-0.05, 0) is 24.7 Å². The summed E-state index contributed by atoms with van der Waals surface area (Å²) in [6.45, 7) is 7.17. The summed E-state index contributed by atoms with van der Waals surface area (Å²) in [6, 6.07) is -0.372. The molecule has 0 aromatic carbocycles. The molecule has 1 aliphatic heterocycles. The van der Waals surface area contributed by atoms with Crippen molar-refractivity contribution in [3.05, 3.63) is 11.9 Å². The topological polar surface area (TPSA) is 71.2 Å². The highest BCUT2D eigenvalue weighted by molar-refractivity contribution is 5.81. The number of likely N-dealkylation sites (tertiary alicyclic amines) is 1. The average Bonchev–Trinajstić information content (AvgIpc) is 2.97. The summed E-state index contributed by atoms with van der Waals surface area (Å²) in [5.74, 6) is 0.564. The van der Waals surface area contributed by atoms with Crippen LogP contribution in [0.1, 0.15) is 57.7 Å². The molecule has 0 bridgehead atoms. The summed E-state index contributed by atoms with van der Waals surface area (Å²) in [5, 5.41) is 18.1. The number of hydrogen-bond donors (Lipinski definition) is 1. The molecule has 0 spiro atoms. The molecule has 6 heteroatoms. The Balaban J connectivity index is 1.84. The normalized spacial score (nSPS) is 24.4. The number of hydrogen-bond acceptors (Lipinski definition) is 4. The van der Waals surface area contributed by atoms with E-state index in [-0.39, 0.29) is 17.4 Å². The van der Waals surface area contributed by atoms with Crippen molar-refractivity contribution in [2.24, 2.45) is 5.41 Å². The lowest BCUT2D eigenvalue weighted by atomic mass is 9.86. The SMILES string of the molecule is CC(C)(C)C(C(=O)N1CCC(O)C1)n1cc(C2CC2)nn1. The molecule has 1 aromatic rings. The van der Waals surface area contributed by atoms with Gasteiger partial charge < -0.3 is 10.0 Å². The minimum Gasteiger partial charge on any atom is -0.391 e. The predicted octanol–water partition coefficient (Wildman–Crippen LogP) is 1.34. The van der Waals surface area contributed by atoms with Crippen LogP contribution in [0.15, 0.2) is 6.20 Å². The molecule has 3 rings (SSSR count). The van der Waals surface area contributed by atoms with E-state index < -0.39 is 6.10 Å². The van der Waals surface area contributed by atoms with Crippen LogP contribution in [0.25, 0.3) is 0 Å². The van der Waals surface area contributed by atoms with Gasteiger partial charge in [0.05, 0.1) is 11.8 Å². The number of aliphatic hydroxyl groups is 1. The van der Waals surface area contributed by atoms with Gasteiger partial charge >= 0.3 is 0 Å². The minimum atomic E-state index is -0.396. The first-order chi connectivity index (χ1) is 9.86. The van der Waals surface area contributed by atoms with Gasteiger partial charge in [0.25, 0.3) is 0 Å². The molecule has 0 radical (unpaired) electrons. The molecule has 21 heavy (non-hydrogen) atoms. The number of aliphatic hydroxyl groups excluding tert-OH is 1. The number of carbonyl (C=O) groups excluding carboxylic acids is 1. The van der Waals surface area contributed by atoms with Crippen LogP contribution in [0.2, 0.25) is 0 Å². The first kappa shape index (κ1) is 14.5. The van der Waals surface area contributed by atoms with E-state index in [1.807, 2.05) is 27.0 Å². The fourth-order valence-corrected chi connectivity index (χ4v) is 2.98. The summed E-state index contributed by atoms with van der Waals surface area (Å²) in [4.78, 5) is 14.6. The number of nitrogens with zero attached hydrogens (tertiary/aromatic N) is 4. The standard InChI is InChI=1S/C15H24N4O2/c1-15(2,3)13(14(21)18-7-6-11(20)8-18)19-9-12(16-17-19)10-4-5-10/h9-11,13,20H,4-8H2,1-3H3. The molecule has 2 heterocycles. The summed E-state index contributed by atoms with van der Waals surface area (Å²) in [5.41, 5.74) is 0.748. The van der Waals surface area contributed by atoms with Crippen LogP contribution in [-0.4, -0.2) is 50.1 Å². The van der Waals surface area contributed by atoms with Crippen LogP contribution in [0.3, 0.4) is 0 Å². The monoisotopic (exact) mass is 292 g/mol. The van der Waals surface area contributed by atoms with Crippen molar-refractivity contribution in [1.29, 1.82) is 0 Å². The Kier molecular flexibility index (Phi) is 3.51. The highest BCUT2D eigenvalue weighted by Crippen LogP contribution is 2.40. The first-order valence-corrected chi connectivity index (χ1v) is 7.75.